The summed E-state index contributed by atoms with van der Waals surface area (Å²) in [5.74, 6) is -0.812. The molecule has 1 heterocycles. The first-order valence-electron chi connectivity index (χ1n) is 5.55. The quantitative estimate of drug-likeness (QED) is 0.940. The van der Waals surface area contributed by atoms with Crippen LogP contribution in [0, 0.1) is 11.6 Å². The van der Waals surface area contributed by atoms with Gasteiger partial charge in [-0.05, 0) is 26.1 Å². The highest BCUT2D eigenvalue weighted by Crippen LogP contribution is 2.21. The van der Waals surface area contributed by atoms with E-state index in [-0.39, 0.29) is 29.9 Å². The van der Waals surface area contributed by atoms with E-state index in [1.807, 2.05) is 14.0 Å². The minimum absolute atomic E-state index is 0. The van der Waals surface area contributed by atoms with Gasteiger partial charge >= 0.3 is 0 Å². The first-order valence-corrected chi connectivity index (χ1v) is 5.55. The molecule has 0 saturated carbocycles. The molecule has 0 amide bonds. The highest BCUT2D eigenvalue weighted by Gasteiger charge is 2.14. The monoisotopic (exact) mass is 289 g/mol. The maximum atomic E-state index is 13.5. The van der Waals surface area contributed by atoms with Crippen LogP contribution in [-0.4, -0.2) is 23.2 Å². The van der Waals surface area contributed by atoms with E-state index in [0.717, 1.165) is 12.1 Å². The molecule has 104 valence electrons. The van der Waals surface area contributed by atoms with Gasteiger partial charge in [0.2, 0.25) is 0 Å². The Bertz CT molecular complexity index is 548. The van der Waals surface area contributed by atoms with Gasteiger partial charge in [0.1, 0.15) is 11.6 Å². The summed E-state index contributed by atoms with van der Waals surface area (Å²) >= 11 is 0. The summed E-state index contributed by atoms with van der Waals surface area (Å²) in [5, 5.41) is 6.79. The molecule has 2 rings (SSSR count). The Kier molecular flexibility index (Phi) is 5.38. The number of nitrogens with zero attached hydrogens (tertiary/aromatic N) is 2. The second-order valence-corrected chi connectivity index (χ2v) is 4.03. The molecule has 4 nitrogen and oxygen atoms in total. The number of rotatable bonds is 4. The molecule has 0 aliphatic heterocycles. The Morgan fingerprint density at radius 2 is 2.11 bits per heavy atom. The molecular weight excluding hydrogens is 276 g/mol. The van der Waals surface area contributed by atoms with E-state index >= 15 is 0 Å². The fraction of sp³-hybridized carbons (Fsp3) is 0.333. The van der Waals surface area contributed by atoms with E-state index in [4.69, 9.17) is 4.52 Å². The minimum Gasteiger partial charge on any atom is -0.334 e. The molecule has 0 aliphatic carbocycles. The van der Waals surface area contributed by atoms with E-state index in [0.29, 0.717) is 12.2 Å². The highest BCUT2D eigenvalue weighted by atomic mass is 35.5. The summed E-state index contributed by atoms with van der Waals surface area (Å²) in [6.45, 7) is 1.97. The van der Waals surface area contributed by atoms with Crippen LogP contribution in [0.3, 0.4) is 0 Å². The molecule has 2 aromatic rings. The molecule has 19 heavy (non-hydrogen) atoms. The Hall–Kier alpha value is -1.53. The van der Waals surface area contributed by atoms with Gasteiger partial charge in [-0.25, -0.2) is 8.78 Å². The van der Waals surface area contributed by atoms with Crippen molar-refractivity contribution in [3.8, 4) is 11.5 Å². The third-order valence-electron chi connectivity index (χ3n) is 2.61. The van der Waals surface area contributed by atoms with Gasteiger partial charge in [0.15, 0.2) is 5.82 Å². The van der Waals surface area contributed by atoms with Crippen LogP contribution < -0.4 is 5.32 Å². The van der Waals surface area contributed by atoms with Crippen molar-refractivity contribution >= 4 is 12.4 Å². The van der Waals surface area contributed by atoms with Crippen LogP contribution in [0.25, 0.3) is 11.5 Å². The lowest BCUT2D eigenvalue weighted by molar-refractivity contribution is 0.416. The molecule has 1 unspecified atom stereocenters. The molecule has 0 bridgehead atoms. The average Bonchev–Trinajstić information content (AvgIpc) is 2.77. The van der Waals surface area contributed by atoms with Crippen molar-refractivity contribution in [2.45, 2.75) is 19.4 Å². The van der Waals surface area contributed by atoms with Crippen LogP contribution in [0.2, 0.25) is 0 Å². The summed E-state index contributed by atoms with van der Waals surface area (Å²) in [7, 11) is 1.82. The Morgan fingerprint density at radius 3 is 2.74 bits per heavy atom. The number of aromatic nitrogens is 2. The maximum Gasteiger partial charge on any atom is 0.260 e. The molecule has 1 aromatic heterocycles. The fourth-order valence-electron chi connectivity index (χ4n) is 1.49. The summed E-state index contributed by atoms with van der Waals surface area (Å²) < 4.78 is 31.2. The molecular formula is C12H14ClF2N3O. The molecule has 0 radical (unpaired) electrons. The van der Waals surface area contributed by atoms with Gasteiger partial charge in [0, 0.05) is 18.5 Å². The predicted octanol–water partition coefficient (Wildman–Crippen LogP) is 2.59. The summed E-state index contributed by atoms with van der Waals surface area (Å²) in [6, 6.07) is 3.41. The van der Waals surface area contributed by atoms with Gasteiger partial charge in [-0.1, -0.05) is 5.16 Å². The van der Waals surface area contributed by atoms with E-state index in [1.165, 1.54) is 6.07 Å². The van der Waals surface area contributed by atoms with E-state index < -0.39 is 11.6 Å². The van der Waals surface area contributed by atoms with Crippen LogP contribution in [0.5, 0.6) is 0 Å². The van der Waals surface area contributed by atoms with E-state index in [2.05, 4.69) is 15.5 Å². The van der Waals surface area contributed by atoms with Crippen LogP contribution in [0.15, 0.2) is 22.7 Å². The zero-order valence-corrected chi connectivity index (χ0v) is 11.3. The second kappa shape index (κ2) is 6.58. The number of hydrogen-bond acceptors (Lipinski definition) is 4. The lowest BCUT2D eigenvalue weighted by Gasteiger charge is -2.04. The average molecular weight is 290 g/mol. The van der Waals surface area contributed by atoms with Crippen LogP contribution in [-0.2, 0) is 6.42 Å². The van der Waals surface area contributed by atoms with Crippen molar-refractivity contribution in [1.29, 1.82) is 0 Å². The molecule has 1 aromatic carbocycles. The zero-order chi connectivity index (χ0) is 13.1. The zero-order valence-electron chi connectivity index (χ0n) is 10.5. The van der Waals surface area contributed by atoms with Gasteiger partial charge in [0.05, 0.1) is 5.56 Å². The van der Waals surface area contributed by atoms with Crippen LogP contribution in [0.1, 0.15) is 12.7 Å². The van der Waals surface area contributed by atoms with Gasteiger partial charge in [-0.2, -0.15) is 4.98 Å². The van der Waals surface area contributed by atoms with Gasteiger partial charge in [-0.15, -0.1) is 12.4 Å². The van der Waals surface area contributed by atoms with Gasteiger partial charge < -0.3 is 9.84 Å². The lowest BCUT2D eigenvalue weighted by atomic mass is 10.2. The normalized spacial score (nSPS) is 12.0. The van der Waals surface area contributed by atoms with Crippen molar-refractivity contribution in [2.24, 2.45) is 0 Å². The maximum absolute atomic E-state index is 13.5. The van der Waals surface area contributed by atoms with Crippen molar-refractivity contribution in [1.82, 2.24) is 15.5 Å². The first-order chi connectivity index (χ1) is 8.60. The van der Waals surface area contributed by atoms with Crippen molar-refractivity contribution < 1.29 is 13.3 Å². The molecule has 0 fully saturated rings. The van der Waals surface area contributed by atoms with Crippen molar-refractivity contribution in [3.05, 3.63) is 35.7 Å². The summed E-state index contributed by atoms with van der Waals surface area (Å²) in [6.07, 6.45) is 0.572. The van der Waals surface area contributed by atoms with Crippen LogP contribution in [0.4, 0.5) is 8.78 Å². The number of benzene rings is 1. The number of halogens is 3. The predicted molar refractivity (Wildman–Crippen MR) is 69.1 cm³/mol. The molecule has 0 saturated heterocycles. The second-order valence-electron chi connectivity index (χ2n) is 4.03. The Labute approximate surface area is 115 Å². The highest BCUT2D eigenvalue weighted by molar-refractivity contribution is 5.85. The van der Waals surface area contributed by atoms with Crippen molar-refractivity contribution in [2.75, 3.05) is 7.05 Å². The van der Waals surface area contributed by atoms with Crippen LogP contribution >= 0.6 is 12.4 Å². The summed E-state index contributed by atoms with van der Waals surface area (Å²) in [4.78, 5) is 4.08. The third-order valence-corrected chi connectivity index (χ3v) is 2.61. The lowest BCUT2D eigenvalue weighted by Crippen LogP contribution is -2.24. The van der Waals surface area contributed by atoms with E-state index in [1.54, 1.807) is 0 Å². The number of nitrogens with one attached hydrogen (secondary N) is 1. The number of hydrogen-bond donors (Lipinski definition) is 1. The smallest absolute Gasteiger partial charge is 0.260 e. The molecule has 1 atom stereocenters. The van der Waals surface area contributed by atoms with Crippen molar-refractivity contribution in [3.63, 3.8) is 0 Å². The fourth-order valence-corrected chi connectivity index (χ4v) is 1.49. The molecule has 1 N–H and O–H groups in total. The largest absolute Gasteiger partial charge is 0.334 e. The summed E-state index contributed by atoms with van der Waals surface area (Å²) in [5.41, 5.74) is 0.104. The molecule has 0 aliphatic rings. The SMILES string of the molecule is CNC(C)Cc1noc(-c2ccc(F)cc2F)n1.Cl. The Balaban J connectivity index is 0.00000180. The Morgan fingerprint density at radius 1 is 1.37 bits per heavy atom. The van der Waals surface area contributed by atoms with Gasteiger partial charge in [-0.3, -0.25) is 0 Å². The topological polar surface area (TPSA) is 51.0 Å². The number of likely N-dealkylation sites (N-methyl/N-ethyl adjacent to an activating group) is 1. The minimum atomic E-state index is -0.716. The first kappa shape index (κ1) is 15.5. The molecule has 0 spiro atoms. The standard InChI is InChI=1S/C12H13F2N3O.ClH/c1-7(15-2)5-11-16-12(18-17-11)9-4-3-8(13)6-10(9)14;/h3-4,6-7,15H,5H2,1-2H3;1H. The third kappa shape index (κ3) is 3.71. The molecule has 7 heteroatoms. The van der Waals surface area contributed by atoms with Gasteiger partial charge in [0.25, 0.3) is 5.89 Å². The van der Waals surface area contributed by atoms with E-state index in [9.17, 15) is 8.78 Å².